The molecule has 156 valence electrons. The maximum atomic E-state index is 12.1. The summed E-state index contributed by atoms with van der Waals surface area (Å²) in [5.74, 6) is 1.70. The third-order valence-electron chi connectivity index (χ3n) is 4.44. The molecule has 1 aliphatic rings. The summed E-state index contributed by atoms with van der Waals surface area (Å²) in [6.45, 7) is 0.401. The first kappa shape index (κ1) is 20.0. The number of furan rings is 1. The molecule has 2 N–H and O–H groups in total. The maximum absolute atomic E-state index is 12.1. The molecule has 30 heavy (non-hydrogen) atoms. The van der Waals surface area contributed by atoms with Gasteiger partial charge in [-0.2, -0.15) is 0 Å². The molecule has 1 fully saturated rings. The van der Waals surface area contributed by atoms with Crippen LogP contribution in [0.4, 0.5) is 4.79 Å². The van der Waals surface area contributed by atoms with Gasteiger partial charge in [0.1, 0.15) is 11.5 Å². The largest absolute Gasteiger partial charge is 0.497 e. The Balaban J connectivity index is 1.50. The number of aromatic nitrogens is 3. The van der Waals surface area contributed by atoms with Crippen molar-refractivity contribution in [3.05, 3.63) is 48.4 Å². The fraction of sp³-hybridized carbons (Fsp3) is 0.300. The van der Waals surface area contributed by atoms with Gasteiger partial charge in [-0.05, 0) is 37.1 Å². The van der Waals surface area contributed by atoms with E-state index < -0.39 is 11.9 Å². The molecule has 0 spiro atoms. The van der Waals surface area contributed by atoms with Crippen molar-refractivity contribution in [2.75, 3.05) is 12.9 Å². The van der Waals surface area contributed by atoms with Gasteiger partial charge in [0.2, 0.25) is 5.91 Å². The van der Waals surface area contributed by atoms with E-state index in [4.69, 9.17) is 9.15 Å². The number of urea groups is 1. The smallest absolute Gasteiger partial charge is 0.321 e. The molecule has 2 heterocycles. The molecule has 1 aromatic carbocycles. The molecule has 9 nitrogen and oxygen atoms in total. The highest BCUT2D eigenvalue weighted by molar-refractivity contribution is 7.99. The summed E-state index contributed by atoms with van der Waals surface area (Å²) in [5.41, 5.74) is 0.827. The summed E-state index contributed by atoms with van der Waals surface area (Å²) in [4.78, 5) is 23.9. The SMILES string of the molecule is COc1cccc(-c2nnc(SCC(=O)NC(=O)NC3CC3)n2Cc2ccco2)c1. The molecular weight excluding hydrogens is 406 g/mol. The van der Waals surface area contributed by atoms with Gasteiger partial charge in [-0.15, -0.1) is 10.2 Å². The van der Waals surface area contributed by atoms with E-state index >= 15 is 0 Å². The summed E-state index contributed by atoms with van der Waals surface area (Å²) in [6, 6.07) is 10.9. The van der Waals surface area contributed by atoms with Gasteiger partial charge in [0.25, 0.3) is 0 Å². The van der Waals surface area contributed by atoms with Crippen LogP contribution < -0.4 is 15.4 Å². The minimum atomic E-state index is -0.461. The lowest BCUT2D eigenvalue weighted by Crippen LogP contribution is -2.41. The molecule has 0 aliphatic heterocycles. The van der Waals surface area contributed by atoms with E-state index in [1.54, 1.807) is 13.4 Å². The number of ether oxygens (including phenoxy) is 1. The van der Waals surface area contributed by atoms with Gasteiger partial charge in [-0.1, -0.05) is 23.9 Å². The van der Waals surface area contributed by atoms with Crippen molar-refractivity contribution in [3.8, 4) is 17.1 Å². The number of carbonyl (C=O) groups is 2. The number of imide groups is 1. The molecule has 3 amide bonds. The van der Waals surface area contributed by atoms with E-state index in [1.165, 1.54) is 11.8 Å². The van der Waals surface area contributed by atoms with E-state index in [9.17, 15) is 9.59 Å². The van der Waals surface area contributed by atoms with Crippen LogP contribution in [0.3, 0.4) is 0 Å². The monoisotopic (exact) mass is 427 g/mol. The highest BCUT2D eigenvalue weighted by Crippen LogP contribution is 2.27. The molecule has 0 unspecified atom stereocenters. The first-order chi connectivity index (χ1) is 14.6. The Labute approximate surface area is 177 Å². The Morgan fingerprint density at radius 1 is 1.27 bits per heavy atom. The average molecular weight is 427 g/mol. The Kier molecular flexibility index (Phi) is 6.03. The van der Waals surface area contributed by atoms with Crippen molar-refractivity contribution in [3.63, 3.8) is 0 Å². The molecule has 1 saturated carbocycles. The summed E-state index contributed by atoms with van der Waals surface area (Å²) >= 11 is 1.20. The first-order valence-corrected chi connectivity index (χ1v) is 10.4. The van der Waals surface area contributed by atoms with Crippen molar-refractivity contribution >= 4 is 23.7 Å². The van der Waals surface area contributed by atoms with E-state index in [2.05, 4.69) is 20.8 Å². The minimum absolute atomic E-state index is 0.0342. The van der Waals surface area contributed by atoms with Crippen LogP contribution in [0.25, 0.3) is 11.4 Å². The molecular formula is C20H21N5O4S. The van der Waals surface area contributed by atoms with Crippen molar-refractivity contribution in [2.24, 2.45) is 0 Å². The maximum Gasteiger partial charge on any atom is 0.321 e. The third-order valence-corrected chi connectivity index (χ3v) is 5.40. The van der Waals surface area contributed by atoms with Gasteiger partial charge in [0, 0.05) is 11.6 Å². The quantitative estimate of drug-likeness (QED) is 0.532. The predicted octanol–water partition coefficient (Wildman–Crippen LogP) is 2.68. The Morgan fingerprint density at radius 2 is 2.13 bits per heavy atom. The fourth-order valence-corrected chi connectivity index (χ4v) is 3.55. The number of benzene rings is 1. The molecule has 10 heteroatoms. The summed E-state index contributed by atoms with van der Waals surface area (Å²) in [6.07, 6.45) is 3.52. The molecule has 0 atom stereocenters. The second-order valence-corrected chi connectivity index (χ2v) is 7.73. The zero-order valence-corrected chi connectivity index (χ0v) is 17.1. The molecule has 0 saturated heterocycles. The second kappa shape index (κ2) is 9.04. The highest BCUT2D eigenvalue weighted by Gasteiger charge is 2.24. The van der Waals surface area contributed by atoms with Crippen molar-refractivity contribution in [2.45, 2.75) is 30.6 Å². The standard InChI is InChI=1S/C20H21N5O4S/c1-28-15-5-2-4-13(10-15)18-23-24-20(25(18)11-16-6-3-9-29-16)30-12-17(26)22-19(27)21-14-7-8-14/h2-6,9-10,14H,7-8,11-12H2,1H3,(H2,21,22,26,27). The fourth-order valence-electron chi connectivity index (χ4n) is 2.81. The topological polar surface area (TPSA) is 111 Å². The van der Waals surface area contributed by atoms with Gasteiger partial charge >= 0.3 is 6.03 Å². The summed E-state index contributed by atoms with van der Waals surface area (Å²) in [5, 5.41) is 14.2. The Morgan fingerprint density at radius 3 is 2.87 bits per heavy atom. The lowest BCUT2D eigenvalue weighted by atomic mass is 10.2. The third kappa shape index (κ3) is 5.01. The van der Waals surface area contributed by atoms with E-state index in [-0.39, 0.29) is 11.8 Å². The number of nitrogens with one attached hydrogen (secondary N) is 2. The van der Waals surface area contributed by atoms with Crippen molar-refractivity contribution in [1.29, 1.82) is 0 Å². The van der Waals surface area contributed by atoms with Crippen LogP contribution in [-0.4, -0.2) is 45.6 Å². The van der Waals surface area contributed by atoms with Crippen LogP contribution in [-0.2, 0) is 11.3 Å². The van der Waals surface area contributed by atoms with Crippen LogP contribution in [0.2, 0.25) is 0 Å². The van der Waals surface area contributed by atoms with Gasteiger partial charge in [0.05, 0.1) is 25.7 Å². The van der Waals surface area contributed by atoms with E-state index in [0.29, 0.717) is 23.3 Å². The van der Waals surface area contributed by atoms with Gasteiger partial charge in [-0.3, -0.25) is 14.7 Å². The number of thioether (sulfide) groups is 1. The zero-order chi connectivity index (χ0) is 20.9. The van der Waals surface area contributed by atoms with E-state index in [1.807, 2.05) is 41.0 Å². The molecule has 1 aliphatic carbocycles. The number of carbonyl (C=O) groups excluding carboxylic acids is 2. The predicted molar refractivity (Wildman–Crippen MR) is 110 cm³/mol. The number of hydrogen-bond donors (Lipinski definition) is 2. The zero-order valence-electron chi connectivity index (χ0n) is 16.3. The number of nitrogens with zero attached hydrogens (tertiary/aromatic N) is 3. The lowest BCUT2D eigenvalue weighted by molar-refractivity contribution is -0.117. The molecule has 2 aromatic heterocycles. The minimum Gasteiger partial charge on any atom is -0.497 e. The molecule has 3 aromatic rings. The Hall–Kier alpha value is -3.27. The average Bonchev–Trinajstić information content (AvgIpc) is 3.24. The normalized spacial score (nSPS) is 13.1. The first-order valence-electron chi connectivity index (χ1n) is 9.45. The number of rotatable bonds is 8. The van der Waals surface area contributed by atoms with Crippen molar-refractivity contribution in [1.82, 2.24) is 25.4 Å². The van der Waals surface area contributed by atoms with Crippen LogP contribution in [0.5, 0.6) is 5.75 Å². The Bertz CT molecular complexity index is 1030. The van der Waals surface area contributed by atoms with Crippen LogP contribution in [0, 0.1) is 0 Å². The van der Waals surface area contributed by atoms with Gasteiger partial charge in [-0.25, -0.2) is 4.79 Å². The summed E-state index contributed by atoms with van der Waals surface area (Å²) < 4.78 is 12.7. The van der Waals surface area contributed by atoms with Crippen molar-refractivity contribution < 1.29 is 18.7 Å². The van der Waals surface area contributed by atoms with Gasteiger partial charge in [0.15, 0.2) is 11.0 Å². The second-order valence-electron chi connectivity index (χ2n) is 6.79. The summed E-state index contributed by atoms with van der Waals surface area (Å²) in [7, 11) is 1.60. The van der Waals surface area contributed by atoms with Crippen LogP contribution in [0.15, 0.2) is 52.2 Å². The number of amides is 3. The molecule has 0 bridgehead atoms. The number of methoxy groups -OCH3 is 1. The molecule has 4 rings (SSSR count). The van der Waals surface area contributed by atoms with Crippen LogP contribution >= 0.6 is 11.8 Å². The lowest BCUT2D eigenvalue weighted by Gasteiger charge is -2.10. The molecule has 0 radical (unpaired) electrons. The number of hydrogen-bond acceptors (Lipinski definition) is 7. The van der Waals surface area contributed by atoms with E-state index in [0.717, 1.165) is 24.2 Å². The highest BCUT2D eigenvalue weighted by atomic mass is 32.2. The van der Waals surface area contributed by atoms with Crippen LogP contribution in [0.1, 0.15) is 18.6 Å². The van der Waals surface area contributed by atoms with Gasteiger partial charge < -0.3 is 14.5 Å².